The van der Waals surface area contributed by atoms with Crippen molar-refractivity contribution in [3.05, 3.63) is 34.8 Å². The Morgan fingerprint density at radius 1 is 1.34 bits per heavy atom. The van der Waals surface area contributed by atoms with Crippen LogP contribution in [-0.2, 0) is 9.53 Å². The molecular formula is C20H23BrFN3O4. The van der Waals surface area contributed by atoms with Crippen molar-refractivity contribution in [3.8, 4) is 11.3 Å². The number of alkyl halides is 1. The Morgan fingerprint density at radius 2 is 2.10 bits per heavy atom. The van der Waals surface area contributed by atoms with Crippen LogP contribution >= 0.6 is 15.9 Å². The molecule has 2 heterocycles. The summed E-state index contributed by atoms with van der Waals surface area (Å²) in [5.74, 6) is -0.315. The van der Waals surface area contributed by atoms with Crippen molar-refractivity contribution in [3.63, 3.8) is 0 Å². The first kappa shape index (κ1) is 21.3. The molecule has 1 aliphatic heterocycles. The third kappa shape index (κ3) is 5.35. The van der Waals surface area contributed by atoms with Crippen LogP contribution in [0.2, 0.25) is 0 Å². The third-order valence-electron chi connectivity index (χ3n) is 4.36. The first-order valence-corrected chi connectivity index (χ1v) is 10.1. The maximum absolute atomic E-state index is 15.4. The smallest absolute Gasteiger partial charge is 0.410 e. The Hall–Kier alpha value is -2.42. The standard InChI is InChI=1S/C20H23BrFN3O4/c1-19(2,3)28-18(27)25-9-5-8-20(22,12-25)17(26)23-16-11-15(29-24-16)13-6-4-7-14(21)10-13/h4,6-7,10-11H,5,8-9,12H2,1-3H3,(H,23,24,26). The molecule has 0 bridgehead atoms. The monoisotopic (exact) mass is 467 g/mol. The van der Waals surface area contributed by atoms with Crippen molar-refractivity contribution in [2.24, 2.45) is 0 Å². The molecule has 1 fully saturated rings. The molecule has 2 amide bonds. The number of likely N-dealkylation sites (tertiary alicyclic amines) is 1. The number of piperidine rings is 1. The Balaban J connectivity index is 1.67. The van der Waals surface area contributed by atoms with Gasteiger partial charge >= 0.3 is 6.09 Å². The van der Waals surface area contributed by atoms with Gasteiger partial charge in [0.05, 0.1) is 6.54 Å². The minimum atomic E-state index is -2.23. The lowest BCUT2D eigenvalue weighted by molar-refractivity contribution is -0.130. The number of nitrogens with one attached hydrogen (secondary N) is 1. The highest BCUT2D eigenvalue weighted by molar-refractivity contribution is 9.10. The molecule has 0 saturated carbocycles. The van der Waals surface area contributed by atoms with E-state index in [-0.39, 0.29) is 18.8 Å². The van der Waals surface area contributed by atoms with Crippen molar-refractivity contribution in [1.29, 1.82) is 0 Å². The Bertz CT molecular complexity index is 911. The number of benzene rings is 1. The Morgan fingerprint density at radius 3 is 2.79 bits per heavy atom. The molecule has 29 heavy (non-hydrogen) atoms. The fourth-order valence-electron chi connectivity index (χ4n) is 3.02. The molecule has 0 spiro atoms. The molecule has 1 unspecified atom stereocenters. The van der Waals surface area contributed by atoms with Crippen LogP contribution in [-0.4, -0.2) is 46.4 Å². The molecule has 156 valence electrons. The van der Waals surface area contributed by atoms with E-state index < -0.39 is 23.3 Å². The number of nitrogens with zero attached hydrogens (tertiary/aromatic N) is 2. The van der Waals surface area contributed by atoms with E-state index in [4.69, 9.17) is 9.26 Å². The molecule has 0 aliphatic carbocycles. The van der Waals surface area contributed by atoms with E-state index >= 15 is 4.39 Å². The van der Waals surface area contributed by atoms with Gasteiger partial charge in [-0.3, -0.25) is 4.79 Å². The van der Waals surface area contributed by atoms with E-state index in [2.05, 4.69) is 26.4 Å². The van der Waals surface area contributed by atoms with Crippen LogP contribution in [0, 0.1) is 0 Å². The van der Waals surface area contributed by atoms with Gasteiger partial charge in [0.15, 0.2) is 11.6 Å². The average Bonchev–Trinajstić information content (AvgIpc) is 3.09. The molecule has 2 aromatic rings. The highest BCUT2D eigenvalue weighted by Crippen LogP contribution is 2.29. The fourth-order valence-corrected chi connectivity index (χ4v) is 3.42. The zero-order valence-corrected chi connectivity index (χ0v) is 18.1. The summed E-state index contributed by atoms with van der Waals surface area (Å²) in [5.41, 5.74) is -2.17. The summed E-state index contributed by atoms with van der Waals surface area (Å²) in [6.45, 7) is 5.17. The summed E-state index contributed by atoms with van der Waals surface area (Å²) in [6, 6.07) is 8.90. The third-order valence-corrected chi connectivity index (χ3v) is 4.86. The van der Waals surface area contributed by atoms with Crippen molar-refractivity contribution >= 4 is 33.7 Å². The van der Waals surface area contributed by atoms with Crippen molar-refractivity contribution < 1.29 is 23.2 Å². The van der Waals surface area contributed by atoms with Crippen molar-refractivity contribution in [2.45, 2.75) is 44.9 Å². The van der Waals surface area contributed by atoms with E-state index in [1.54, 1.807) is 20.8 Å². The van der Waals surface area contributed by atoms with Crippen LogP contribution in [0.5, 0.6) is 0 Å². The summed E-state index contributed by atoms with van der Waals surface area (Å²) in [7, 11) is 0. The van der Waals surface area contributed by atoms with Gasteiger partial charge in [-0.1, -0.05) is 33.2 Å². The number of hydrogen-bond donors (Lipinski definition) is 1. The van der Waals surface area contributed by atoms with Gasteiger partial charge in [0, 0.05) is 22.6 Å². The van der Waals surface area contributed by atoms with Gasteiger partial charge in [0.1, 0.15) is 5.60 Å². The van der Waals surface area contributed by atoms with Gasteiger partial charge in [-0.15, -0.1) is 0 Å². The number of carbonyl (C=O) groups excluding carboxylic acids is 2. The minimum Gasteiger partial charge on any atom is -0.444 e. The van der Waals surface area contributed by atoms with E-state index in [9.17, 15) is 9.59 Å². The molecule has 1 saturated heterocycles. The summed E-state index contributed by atoms with van der Waals surface area (Å²) < 4.78 is 26.8. The van der Waals surface area contributed by atoms with Crippen molar-refractivity contribution in [2.75, 3.05) is 18.4 Å². The van der Waals surface area contributed by atoms with Gasteiger partial charge in [0.2, 0.25) is 5.67 Å². The predicted molar refractivity (Wildman–Crippen MR) is 109 cm³/mol. The van der Waals surface area contributed by atoms with E-state index in [1.165, 1.54) is 11.0 Å². The topological polar surface area (TPSA) is 84.7 Å². The number of halogens is 2. The molecule has 0 radical (unpaired) electrons. The molecule has 1 aliphatic rings. The first-order chi connectivity index (χ1) is 13.6. The van der Waals surface area contributed by atoms with Gasteiger partial charge < -0.3 is 19.5 Å². The number of rotatable bonds is 3. The van der Waals surface area contributed by atoms with Crippen LogP contribution in [0.1, 0.15) is 33.6 Å². The number of amides is 2. The van der Waals surface area contributed by atoms with Crippen LogP contribution in [0.3, 0.4) is 0 Å². The number of ether oxygens (including phenoxy) is 1. The molecule has 1 atom stereocenters. The molecule has 9 heteroatoms. The fraction of sp³-hybridized carbons (Fsp3) is 0.450. The summed E-state index contributed by atoms with van der Waals surface area (Å²) in [5, 5.41) is 6.25. The largest absolute Gasteiger partial charge is 0.444 e. The normalized spacial score (nSPS) is 19.7. The highest BCUT2D eigenvalue weighted by Gasteiger charge is 2.45. The van der Waals surface area contributed by atoms with Crippen LogP contribution < -0.4 is 5.32 Å². The minimum absolute atomic E-state index is 0.00840. The first-order valence-electron chi connectivity index (χ1n) is 9.27. The van der Waals surface area contributed by atoms with E-state index in [0.29, 0.717) is 18.7 Å². The molecule has 1 aromatic carbocycles. The maximum atomic E-state index is 15.4. The van der Waals surface area contributed by atoms with E-state index in [0.717, 1.165) is 10.0 Å². The lowest BCUT2D eigenvalue weighted by Gasteiger charge is -2.36. The maximum Gasteiger partial charge on any atom is 0.410 e. The number of hydrogen-bond acceptors (Lipinski definition) is 5. The van der Waals surface area contributed by atoms with Crippen LogP contribution in [0.25, 0.3) is 11.3 Å². The molecular weight excluding hydrogens is 445 g/mol. The molecule has 7 nitrogen and oxygen atoms in total. The lowest BCUT2D eigenvalue weighted by atomic mass is 9.94. The predicted octanol–water partition coefficient (Wildman–Crippen LogP) is 4.78. The second kappa shape index (κ2) is 8.14. The molecule has 3 rings (SSSR count). The van der Waals surface area contributed by atoms with Crippen LogP contribution in [0.4, 0.5) is 15.0 Å². The number of carbonyl (C=O) groups is 2. The second-order valence-electron chi connectivity index (χ2n) is 8.01. The van der Waals surface area contributed by atoms with Gasteiger partial charge in [-0.05, 0) is 45.7 Å². The molecule has 1 aromatic heterocycles. The van der Waals surface area contributed by atoms with Gasteiger partial charge in [0.25, 0.3) is 5.91 Å². The average molecular weight is 468 g/mol. The zero-order chi connectivity index (χ0) is 21.2. The van der Waals surface area contributed by atoms with Crippen LogP contribution in [0.15, 0.2) is 39.3 Å². The second-order valence-corrected chi connectivity index (χ2v) is 8.93. The highest BCUT2D eigenvalue weighted by atomic mass is 79.9. The SMILES string of the molecule is CC(C)(C)OC(=O)N1CCCC(F)(C(=O)Nc2cc(-c3cccc(Br)c3)on2)C1. The van der Waals surface area contributed by atoms with Gasteiger partial charge in [-0.2, -0.15) is 0 Å². The van der Waals surface area contributed by atoms with Gasteiger partial charge in [-0.25, -0.2) is 9.18 Å². The molecule has 1 N–H and O–H groups in total. The quantitative estimate of drug-likeness (QED) is 0.701. The summed E-state index contributed by atoms with van der Waals surface area (Å²) in [4.78, 5) is 26.1. The summed E-state index contributed by atoms with van der Waals surface area (Å²) in [6.07, 6.45) is -0.273. The Labute approximate surface area is 176 Å². The van der Waals surface area contributed by atoms with Crippen molar-refractivity contribution in [1.82, 2.24) is 10.1 Å². The summed E-state index contributed by atoms with van der Waals surface area (Å²) >= 11 is 3.38. The Kier molecular flexibility index (Phi) is 5.97. The lowest BCUT2D eigenvalue weighted by Crippen LogP contribution is -2.54. The number of anilines is 1. The number of aromatic nitrogens is 1. The van der Waals surface area contributed by atoms with E-state index in [1.807, 2.05) is 24.3 Å². The zero-order valence-electron chi connectivity index (χ0n) is 16.5.